The molecule has 1 aromatic carbocycles. The van der Waals surface area contributed by atoms with Gasteiger partial charge in [-0.1, -0.05) is 18.3 Å². The molecule has 1 amide bonds. The molecule has 1 aliphatic heterocycles. The van der Waals surface area contributed by atoms with Gasteiger partial charge in [0.15, 0.2) is 5.13 Å². The summed E-state index contributed by atoms with van der Waals surface area (Å²) in [6, 6.07) is 4.94. The Hall–Kier alpha value is -1.55. The highest BCUT2D eigenvalue weighted by molar-refractivity contribution is 7.89. The lowest BCUT2D eigenvalue weighted by Gasteiger charge is -2.31. The van der Waals surface area contributed by atoms with Gasteiger partial charge in [-0.2, -0.15) is 4.31 Å². The third-order valence-corrected chi connectivity index (χ3v) is 7.01. The summed E-state index contributed by atoms with van der Waals surface area (Å²) in [5.41, 5.74) is 0.689. The molecule has 0 bridgehead atoms. The Morgan fingerprint density at radius 3 is 2.68 bits per heavy atom. The van der Waals surface area contributed by atoms with Crippen LogP contribution < -0.4 is 5.32 Å². The number of hydrogen-bond donors (Lipinski definition) is 1. The van der Waals surface area contributed by atoms with Gasteiger partial charge >= 0.3 is 0 Å². The molecule has 0 aliphatic carbocycles. The van der Waals surface area contributed by atoms with Gasteiger partial charge in [-0.3, -0.25) is 4.79 Å². The van der Waals surface area contributed by atoms with Gasteiger partial charge in [0, 0.05) is 32.6 Å². The fraction of sp³-hybridized carbons (Fsp3) is 0.500. The van der Waals surface area contributed by atoms with Crippen LogP contribution in [0.2, 0.25) is 0 Å². The smallest absolute Gasteiger partial charge is 0.243 e. The van der Waals surface area contributed by atoms with Gasteiger partial charge in [0.1, 0.15) is 0 Å². The minimum Gasteiger partial charge on any atom is -0.304 e. The first-order valence-corrected chi connectivity index (χ1v) is 10.5. The lowest BCUT2D eigenvalue weighted by atomic mass is 10.3. The summed E-state index contributed by atoms with van der Waals surface area (Å²) in [4.78, 5) is 18.4. The zero-order valence-electron chi connectivity index (χ0n) is 14.4. The van der Waals surface area contributed by atoms with Crippen molar-refractivity contribution in [1.82, 2.24) is 14.2 Å². The molecule has 1 fully saturated rings. The average Bonchev–Trinajstić information content (AvgIpc) is 2.96. The van der Waals surface area contributed by atoms with Crippen molar-refractivity contribution >= 4 is 42.6 Å². The van der Waals surface area contributed by atoms with Crippen LogP contribution in [-0.4, -0.2) is 61.7 Å². The molecule has 1 N–H and O–H groups in total. The molecule has 7 nitrogen and oxygen atoms in total. The quantitative estimate of drug-likeness (QED) is 0.855. The lowest BCUT2D eigenvalue weighted by molar-refractivity contribution is -0.116. The molecular weight excluding hydrogens is 360 g/mol. The number of piperazine rings is 1. The van der Waals surface area contributed by atoms with E-state index in [0.717, 1.165) is 24.2 Å². The number of thiazole rings is 1. The predicted molar refractivity (Wildman–Crippen MR) is 99.4 cm³/mol. The highest BCUT2D eigenvalue weighted by Crippen LogP contribution is 2.29. The second kappa shape index (κ2) is 7.36. The van der Waals surface area contributed by atoms with E-state index in [0.29, 0.717) is 30.2 Å². The molecule has 1 saturated heterocycles. The van der Waals surface area contributed by atoms with Gasteiger partial charge in [0.2, 0.25) is 15.9 Å². The number of rotatable bonds is 5. The van der Waals surface area contributed by atoms with Crippen molar-refractivity contribution in [2.75, 3.05) is 38.5 Å². The van der Waals surface area contributed by atoms with Gasteiger partial charge in [0.05, 0.1) is 15.1 Å². The van der Waals surface area contributed by atoms with E-state index >= 15 is 0 Å². The fourth-order valence-corrected chi connectivity index (χ4v) is 5.15. The average molecular weight is 383 g/mol. The minimum absolute atomic E-state index is 0.0770. The van der Waals surface area contributed by atoms with Crippen molar-refractivity contribution < 1.29 is 13.2 Å². The molecular formula is C16H22N4O3S2. The number of nitrogens with one attached hydrogen (secondary N) is 1. The second-order valence-electron chi connectivity index (χ2n) is 6.15. The maximum atomic E-state index is 12.8. The van der Waals surface area contributed by atoms with Crippen LogP contribution in [-0.2, 0) is 14.8 Å². The van der Waals surface area contributed by atoms with Gasteiger partial charge in [0.25, 0.3) is 0 Å². The van der Waals surface area contributed by atoms with E-state index in [1.807, 2.05) is 14.0 Å². The summed E-state index contributed by atoms with van der Waals surface area (Å²) in [5, 5.41) is 3.26. The molecule has 1 aliphatic rings. The zero-order chi connectivity index (χ0) is 18.0. The number of aromatic nitrogens is 1. The molecule has 0 unspecified atom stereocenters. The molecule has 136 valence electrons. The highest BCUT2D eigenvalue weighted by atomic mass is 32.2. The number of benzene rings is 1. The van der Waals surface area contributed by atoms with Crippen LogP contribution in [0.25, 0.3) is 10.2 Å². The van der Waals surface area contributed by atoms with Crippen LogP contribution >= 0.6 is 11.3 Å². The van der Waals surface area contributed by atoms with E-state index in [-0.39, 0.29) is 10.8 Å². The number of amides is 1. The van der Waals surface area contributed by atoms with Crippen LogP contribution in [0.15, 0.2) is 23.1 Å². The molecule has 0 atom stereocenters. The maximum absolute atomic E-state index is 12.8. The molecule has 0 saturated carbocycles. The van der Waals surface area contributed by atoms with E-state index in [4.69, 9.17) is 0 Å². The second-order valence-corrected chi connectivity index (χ2v) is 9.12. The van der Waals surface area contributed by atoms with Crippen molar-refractivity contribution in [2.24, 2.45) is 0 Å². The van der Waals surface area contributed by atoms with Gasteiger partial charge < -0.3 is 10.2 Å². The van der Waals surface area contributed by atoms with E-state index in [9.17, 15) is 13.2 Å². The summed E-state index contributed by atoms with van der Waals surface area (Å²) in [6.07, 6.45) is 1.21. The molecule has 9 heteroatoms. The van der Waals surface area contributed by atoms with Gasteiger partial charge in [-0.15, -0.1) is 0 Å². The number of nitrogens with zero attached hydrogens (tertiary/aromatic N) is 3. The Kier molecular flexibility index (Phi) is 5.38. The number of likely N-dealkylation sites (N-methyl/N-ethyl adjacent to an activating group) is 1. The van der Waals surface area contributed by atoms with Gasteiger partial charge in [-0.05, 0) is 31.7 Å². The Morgan fingerprint density at radius 1 is 1.28 bits per heavy atom. The molecule has 3 rings (SSSR count). The van der Waals surface area contributed by atoms with Gasteiger partial charge in [-0.25, -0.2) is 13.4 Å². The third kappa shape index (κ3) is 4.00. The Bertz CT molecular complexity index is 871. The minimum atomic E-state index is -3.50. The zero-order valence-corrected chi connectivity index (χ0v) is 16.0. The van der Waals surface area contributed by atoms with Crippen molar-refractivity contribution in [1.29, 1.82) is 0 Å². The maximum Gasteiger partial charge on any atom is 0.243 e. The van der Waals surface area contributed by atoms with E-state index in [1.54, 1.807) is 18.2 Å². The number of sulfonamides is 1. The highest BCUT2D eigenvalue weighted by Gasteiger charge is 2.27. The van der Waals surface area contributed by atoms with Crippen LogP contribution in [0.4, 0.5) is 5.13 Å². The normalized spacial score (nSPS) is 17.0. The molecule has 2 heterocycles. The number of carbonyl (C=O) groups is 1. The molecule has 0 radical (unpaired) electrons. The van der Waals surface area contributed by atoms with Crippen molar-refractivity contribution in [3.8, 4) is 0 Å². The van der Waals surface area contributed by atoms with E-state index < -0.39 is 10.0 Å². The van der Waals surface area contributed by atoms with Crippen LogP contribution in [0.1, 0.15) is 19.8 Å². The summed E-state index contributed by atoms with van der Waals surface area (Å²) in [6.45, 7) is 4.40. The molecule has 1 aromatic heterocycles. The summed E-state index contributed by atoms with van der Waals surface area (Å²) in [7, 11) is -1.51. The van der Waals surface area contributed by atoms with E-state index in [2.05, 4.69) is 15.2 Å². The van der Waals surface area contributed by atoms with Crippen LogP contribution in [0.3, 0.4) is 0 Å². The fourth-order valence-electron chi connectivity index (χ4n) is 2.71. The Morgan fingerprint density at radius 2 is 2.00 bits per heavy atom. The topological polar surface area (TPSA) is 82.6 Å². The third-order valence-electron chi connectivity index (χ3n) is 4.18. The SMILES string of the molecule is CCCC(=O)Nc1nc2ccc(S(=O)(=O)N3CCN(C)CC3)cc2s1. The van der Waals surface area contributed by atoms with Crippen molar-refractivity contribution in [3.63, 3.8) is 0 Å². The Labute approximate surface area is 151 Å². The van der Waals surface area contributed by atoms with Crippen LogP contribution in [0, 0.1) is 0 Å². The van der Waals surface area contributed by atoms with Crippen molar-refractivity contribution in [3.05, 3.63) is 18.2 Å². The Balaban J connectivity index is 1.84. The number of anilines is 1. The monoisotopic (exact) mass is 382 g/mol. The largest absolute Gasteiger partial charge is 0.304 e. The predicted octanol–water partition coefficient (Wildman–Crippen LogP) is 1.97. The van der Waals surface area contributed by atoms with E-state index in [1.165, 1.54) is 15.6 Å². The summed E-state index contributed by atoms with van der Waals surface area (Å²) >= 11 is 1.29. The first-order valence-electron chi connectivity index (χ1n) is 8.29. The lowest BCUT2D eigenvalue weighted by Crippen LogP contribution is -2.46. The first kappa shape index (κ1) is 18.2. The molecule has 25 heavy (non-hydrogen) atoms. The number of fused-ring (bicyclic) bond motifs is 1. The first-order chi connectivity index (χ1) is 11.9. The number of carbonyl (C=O) groups excluding carboxylic acids is 1. The number of hydrogen-bond acceptors (Lipinski definition) is 6. The molecule has 0 spiro atoms. The summed E-state index contributed by atoms with van der Waals surface area (Å²) in [5.74, 6) is -0.0770. The van der Waals surface area contributed by atoms with Crippen LogP contribution in [0.5, 0.6) is 0 Å². The van der Waals surface area contributed by atoms with Crippen molar-refractivity contribution in [2.45, 2.75) is 24.7 Å². The summed E-state index contributed by atoms with van der Waals surface area (Å²) < 4.78 is 27.9. The standard InChI is InChI=1S/C16H22N4O3S2/c1-3-4-15(21)18-16-17-13-6-5-12(11-14(13)24-16)25(22,23)20-9-7-19(2)8-10-20/h5-6,11H,3-4,7-10H2,1-2H3,(H,17,18,21). The molecule has 2 aromatic rings.